The van der Waals surface area contributed by atoms with Crippen molar-refractivity contribution in [2.75, 3.05) is 13.6 Å². The standard InChI is InChI=1S/C15H21N3O/c1-5-18(4)15(19)12(3)17-11(2)14-8-6-13(10-16)7-9-14/h6-9,11-12,17H,5H2,1-4H3. The van der Waals surface area contributed by atoms with Crippen LogP contribution in [0.4, 0.5) is 0 Å². The Labute approximate surface area is 115 Å². The van der Waals surface area contributed by atoms with Gasteiger partial charge in [-0.15, -0.1) is 0 Å². The van der Waals surface area contributed by atoms with Gasteiger partial charge in [0.05, 0.1) is 17.7 Å². The summed E-state index contributed by atoms with van der Waals surface area (Å²) in [4.78, 5) is 13.7. The van der Waals surface area contributed by atoms with Crippen LogP contribution in [0.15, 0.2) is 24.3 Å². The van der Waals surface area contributed by atoms with Crippen molar-refractivity contribution in [2.45, 2.75) is 32.9 Å². The number of benzene rings is 1. The Hall–Kier alpha value is -1.86. The summed E-state index contributed by atoms with van der Waals surface area (Å²) in [6.07, 6.45) is 0. The molecule has 4 heteroatoms. The number of amides is 1. The van der Waals surface area contributed by atoms with E-state index in [-0.39, 0.29) is 18.0 Å². The second kappa shape index (κ2) is 6.91. The molecule has 0 spiro atoms. The molecular weight excluding hydrogens is 238 g/mol. The lowest BCUT2D eigenvalue weighted by Gasteiger charge is -2.24. The van der Waals surface area contributed by atoms with Gasteiger partial charge in [-0.2, -0.15) is 5.26 Å². The van der Waals surface area contributed by atoms with Gasteiger partial charge in [0.2, 0.25) is 5.91 Å². The van der Waals surface area contributed by atoms with E-state index >= 15 is 0 Å². The Morgan fingerprint density at radius 2 is 1.95 bits per heavy atom. The Kier molecular flexibility index (Phi) is 5.53. The molecule has 0 saturated carbocycles. The summed E-state index contributed by atoms with van der Waals surface area (Å²) in [6, 6.07) is 9.34. The predicted molar refractivity (Wildman–Crippen MR) is 75.5 cm³/mol. The summed E-state index contributed by atoms with van der Waals surface area (Å²) in [5.41, 5.74) is 1.71. The molecule has 0 fully saturated rings. The fraction of sp³-hybridized carbons (Fsp3) is 0.467. The van der Waals surface area contributed by atoms with Crippen LogP contribution in [-0.2, 0) is 4.79 Å². The van der Waals surface area contributed by atoms with Gasteiger partial charge in [0.1, 0.15) is 0 Å². The first kappa shape index (κ1) is 15.2. The van der Waals surface area contributed by atoms with E-state index in [1.165, 1.54) is 0 Å². The zero-order valence-electron chi connectivity index (χ0n) is 12.0. The smallest absolute Gasteiger partial charge is 0.239 e. The highest BCUT2D eigenvalue weighted by molar-refractivity contribution is 5.81. The van der Waals surface area contributed by atoms with Gasteiger partial charge in [0.15, 0.2) is 0 Å². The van der Waals surface area contributed by atoms with Gasteiger partial charge >= 0.3 is 0 Å². The number of hydrogen-bond donors (Lipinski definition) is 1. The van der Waals surface area contributed by atoms with Crippen LogP contribution in [0, 0.1) is 11.3 Å². The maximum atomic E-state index is 12.0. The summed E-state index contributed by atoms with van der Waals surface area (Å²) >= 11 is 0. The Bertz CT molecular complexity index is 461. The Morgan fingerprint density at radius 1 is 1.37 bits per heavy atom. The molecule has 0 aliphatic rings. The lowest BCUT2D eigenvalue weighted by Crippen LogP contribution is -2.43. The van der Waals surface area contributed by atoms with Crippen molar-refractivity contribution in [3.63, 3.8) is 0 Å². The van der Waals surface area contributed by atoms with Crippen molar-refractivity contribution in [3.8, 4) is 6.07 Å². The van der Waals surface area contributed by atoms with Gasteiger partial charge in [0.25, 0.3) is 0 Å². The molecule has 0 radical (unpaired) electrons. The van der Waals surface area contributed by atoms with Crippen LogP contribution in [0.1, 0.15) is 37.9 Å². The van der Waals surface area contributed by atoms with Gasteiger partial charge in [-0.3, -0.25) is 10.1 Å². The maximum Gasteiger partial charge on any atom is 0.239 e. The van der Waals surface area contributed by atoms with E-state index < -0.39 is 0 Å². The highest BCUT2D eigenvalue weighted by Gasteiger charge is 2.18. The average molecular weight is 259 g/mol. The minimum atomic E-state index is -0.226. The van der Waals surface area contributed by atoms with Gasteiger partial charge in [-0.05, 0) is 38.5 Å². The minimum Gasteiger partial charge on any atom is -0.345 e. The van der Waals surface area contributed by atoms with Crippen LogP contribution in [0.25, 0.3) is 0 Å². The molecule has 0 bridgehead atoms. The van der Waals surface area contributed by atoms with E-state index in [9.17, 15) is 4.79 Å². The molecule has 1 amide bonds. The molecule has 0 saturated heterocycles. The zero-order chi connectivity index (χ0) is 14.4. The fourth-order valence-electron chi connectivity index (χ4n) is 1.88. The summed E-state index contributed by atoms with van der Waals surface area (Å²) in [5.74, 6) is 0.0861. The zero-order valence-corrected chi connectivity index (χ0v) is 12.0. The topological polar surface area (TPSA) is 56.1 Å². The largest absolute Gasteiger partial charge is 0.345 e. The molecule has 1 rings (SSSR count). The van der Waals surface area contributed by atoms with Crippen LogP contribution >= 0.6 is 0 Å². The third-order valence-corrected chi connectivity index (χ3v) is 3.26. The fourth-order valence-corrected chi connectivity index (χ4v) is 1.88. The lowest BCUT2D eigenvalue weighted by molar-refractivity contribution is -0.131. The van der Waals surface area contributed by atoms with Gasteiger partial charge in [-0.25, -0.2) is 0 Å². The Morgan fingerprint density at radius 3 is 2.42 bits per heavy atom. The molecule has 0 heterocycles. The van der Waals surface area contributed by atoms with Crippen LogP contribution in [0.2, 0.25) is 0 Å². The monoisotopic (exact) mass is 259 g/mol. The third-order valence-electron chi connectivity index (χ3n) is 3.26. The number of nitrogens with one attached hydrogen (secondary N) is 1. The normalized spacial score (nSPS) is 13.4. The van der Waals surface area contributed by atoms with E-state index in [1.54, 1.807) is 24.1 Å². The van der Waals surface area contributed by atoms with E-state index in [2.05, 4.69) is 11.4 Å². The molecule has 2 unspecified atom stereocenters. The number of likely N-dealkylation sites (N-methyl/N-ethyl adjacent to an activating group) is 1. The van der Waals surface area contributed by atoms with Gasteiger partial charge in [0, 0.05) is 19.6 Å². The maximum absolute atomic E-state index is 12.0. The van der Waals surface area contributed by atoms with Crippen molar-refractivity contribution >= 4 is 5.91 Å². The molecule has 1 N–H and O–H groups in total. The first-order valence-corrected chi connectivity index (χ1v) is 6.50. The van der Waals surface area contributed by atoms with E-state index in [0.717, 1.165) is 5.56 Å². The highest BCUT2D eigenvalue weighted by Crippen LogP contribution is 2.14. The number of nitrogens with zero attached hydrogens (tertiary/aromatic N) is 2. The molecule has 2 atom stereocenters. The summed E-state index contributed by atoms with van der Waals surface area (Å²) in [7, 11) is 1.80. The molecule has 0 aliphatic carbocycles. The molecule has 0 aliphatic heterocycles. The summed E-state index contributed by atoms with van der Waals surface area (Å²) in [5, 5.41) is 12.0. The average Bonchev–Trinajstić information content (AvgIpc) is 2.45. The Balaban J connectivity index is 2.66. The number of nitriles is 1. The van der Waals surface area contributed by atoms with Gasteiger partial charge in [-0.1, -0.05) is 12.1 Å². The van der Waals surface area contributed by atoms with Crippen LogP contribution in [0.5, 0.6) is 0 Å². The molecule has 1 aromatic carbocycles. The van der Waals surface area contributed by atoms with E-state index in [1.807, 2.05) is 32.9 Å². The molecule has 102 valence electrons. The van der Waals surface area contributed by atoms with Crippen molar-refractivity contribution in [2.24, 2.45) is 0 Å². The van der Waals surface area contributed by atoms with Crippen LogP contribution in [-0.4, -0.2) is 30.4 Å². The second-order valence-corrected chi connectivity index (χ2v) is 4.70. The van der Waals surface area contributed by atoms with Crippen molar-refractivity contribution < 1.29 is 4.79 Å². The predicted octanol–water partition coefficient (Wildman–Crippen LogP) is 2.08. The van der Waals surface area contributed by atoms with Crippen LogP contribution in [0.3, 0.4) is 0 Å². The van der Waals surface area contributed by atoms with E-state index in [0.29, 0.717) is 12.1 Å². The number of rotatable bonds is 5. The van der Waals surface area contributed by atoms with Crippen molar-refractivity contribution in [1.82, 2.24) is 10.2 Å². The SMILES string of the molecule is CCN(C)C(=O)C(C)NC(C)c1ccc(C#N)cc1. The first-order valence-electron chi connectivity index (χ1n) is 6.50. The molecule has 4 nitrogen and oxygen atoms in total. The molecular formula is C15H21N3O. The van der Waals surface area contributed by atoms with Crippen molar-refractivity contribution in [1.29, 1.82) is 5.26 Å². The van der Waals surface area contributed by atoms with Crippen LogP contribution < -0.4 is 5.32 Å². The highest BCUT2D eigenvalue weighted by atomic mass is 16.2. The van der Waals surface area contributed by atoms with E-state index in [4.69, 9.17) is 5.26 Å². The number of carbonyl (C=O) groups is 1. The summed E-state index contributed by atoms with van der Waals surface area (Å²) in [6.45, 7) is 6.54. The molecule has 1 aromatic rings. The molecule has 0 aromatic heterocycles. The van der Waals surface area contributed by atoms with Crippen molar-refractivity contribution in [3.05, 3.63) is 35.4 Å². The minimum absolute atomic E-state index is 0.0666. The first-order chi connectivity index (χ1) is 8.99. The second-order valence-electron chi connectivity index (χ2n) is 4.70. The quantitative estimate of drug-likeness (QED) is 0.880. The molecule has 19 heavy (non-hydrogen) atoms. The summed E-state index contributed by atoms with van der Waals surface area (Å²) < 4.78 is 0. The third kappa shape index (κ3) is 4.08. The number of carbonyl (C=O) groups excluding carboxylic acids is 1. The lowest BCUT2D eigenvalue weighted by atomic mass is 10.1. The van der Waals surface area contributed by atoms with Gasteiger partial charge < -0.3 is 4.90 Å². The number of hydrogen-bond acceptors (Lipinski definition) is 3.